The van der Waals surface area contributed by atoms with E-state index in [0.717, 1.165) is 32.4 Å². The number of nitrogens with one attached hydrogen (secondary N) is 1. The van der Waals surface area contributed by atoms with Crippen molar-refractivity contribution in [2.75, 3.05) is 25.4 Å². The van der Waals surface area contributed by atoms with E-state index in [1.165, 1.54) is 4.52 Å². The van der Waals surface area contributed by atoms with Gasteiger partial charge in [0.25, 0.3) is 0 Å². The number of aliphatic hydroxyl groups is 2. The van der Waals surface area contributed by atoms with Crippen LogP contribution in [0.15, 0.2) is 6.20 Å². The Labute approximate surface area is 146 Å². The molecule has 2 unspecified atom stereocenters. The Morgan fingerprint density at radius 1 is 1.44 bits per heavy atom. The molecule has 0 bridgehead atoms. The fourth-order valence-corrected chi connectivity index (χ4v) is 3.21. The first-order valence-corrected chi connectivity index (χ1v) is 8.81. The monoisotopic (exact) mass is 350 g/mol. The van der Waals surface area contributed by atoms with E-state index < -0.39 is 6.10 Å². The van der Waals surface area contributed by atoms with Crippen LogP contribution in [0.1, 0.15) is 44.4 Å². The molecule has 138 valence electrons. The Hall–Kier alpha value is -1.97. The lowest BCUT2D eigenvalue weighted by Crippen LogP contribution is -2.31. The highest BCUT2D eigenvalue weighted by molar-refractivity contribution is 5.59. The van der Waals surface area contributed by atoms with E-state index in [1.54, 1.807) is 6.20 Å². The largest absolute Gasteiger partial charge is 0.457 e. The van der Waals surface area contributed by atoms with E-state index in [9.17, 15) is 10.2 Å². The number of fused-ring (bicyclic) bond motifs is 1. The van der Waals surface area contributed by atoms with Crippen LogP contribution in [0.4, 0.5) is 5.82 Å². The van der Waals surface area contributed by atoms with Crippen molar-refractivity contribution < 1.29 is 14.9 Å². The summed E-state index contributed by atoms with van der Waals surface area (Å²) in [7, 11) is 0. The van der Waals surface area contributed by atoms with Crippen LogP contribution in [-0.2, 0) is 0 Å². The first-order valence-electron chi connectivity index (χ1n) is 8.81. The van der Waals surface area contributed by atoms with Gasteiger partial charge in [0.15, 0.2) is 11.5 Å². The van der Waals surface area contributed by atoms with Gasteiger partial charge in [0.1, 0.15) is 12.2 Å². The van der Waals surface area contributed by atoms with Gasteiger partial charge in [0.2, 0.25) is 0 Å². The molecule has 3 rings (SSSR count). The van der Waals surface area contributed by atoms with E-state index in [4.69, 9.17) is 10.5 Å². The number of rotatable bonds is 7. The number of imidazole rings is 1. The third-order valence-electron chi connectivity index (χ3n) is 4.61. The summed E-state index contributed by atoms with van der Waals surface area (Å²) in [5.41, 5.74) is 6.95. The lowest BCUT2D eigenvalue weighted by molar-refractivity contribution is 0.0817. The van der Waals surface area contributed by atoms with Gasteiger partial charge in [-0.05, 0) is 38.3 Å². The summed E-state index contributed by atoms with van der Waals surface area (Å²) in [6, 6.07) is 0.0780. The van der Waals surface area contributed by atoms with Crippen molar-refractivity contribution in [2.24, 2.45) is 5.92 Å². The standard InChI is InChI=1S/C16H26N6O3/c1-2-3-11(9-23)25-16-20-14(17)15-19-8-12(22(15)21-16)13(24)10-4-6-18-7-5-10/h8,10-11,13,18,23-24H,2-7,9H2,1H3,(H2,17,20,21). The van der Waals surface area contributed by atoms with E-state index in [0.29, 0.717) is 17.8 Å². The zero-order valence-electron chi connectivity index (χ0n) is 14.4. The predicted octanol–water partition coefficient (Wildman–Crippen LogP) is 0.279. The number of ether oxygens (including phenoxy) is 1. The quantitative estimate of drug-likeness (QED) is 0.560. The van der Waals surface area contributed by atoms with Crippen molar-refractivity contribution in [1.82, 2.24) is 24.9 Å². The molecule has 1 aliphatic rings. The van der Waals surface area contributed by atoms with Crippen LogP contribution in [-0.4, -0.2) is 55.6 Å². The zero-order chi connectivity index (χ0) is 17.8. The van der Waals surface area contributed by atoms with Gasteiger partial charge in [-0.1, -0.05) is 13.3 Å². The first-order chi connectivity index (χ1) is 12.1. The summed E-state index contributed by atoms with van der Waals surface area (Å²) in [5.74, 6) is 0.328. The topological polar surface area (TPSA) is 131 Å². The molecule has 9 nitrogen and oxygen atoms in total. The number of hydrogen-bond donors (Lipinski definition) is 4. The minimum absolute atomic E-state index is 0.0780. The number of nitrogens with zero attached hydrogens (tertiary/aromatic N) is 4. The number of piperidine rings is 1. The second kappa shape index (κ2) is 7.94. The minimum Gasteiger partial charge on any atom is -0.457 e. The summed E-state index contributed by atoms with van der Waals surface area (Å²) < 4.78 is 7.15. The Morgan fingerprint density at radius 2 is 2.20 bits per heavy atom. The van der Waals surface area contributed by atoms with Gasteiger partial charge in [-0.15, -0.1) is 5.10 Å². The molecule has 0 amide bonds. The van der Waals surface area contributed by atoms with Crippen LogP contribution in [0.3, 0.4) is 0 Å². The first kappa shape index (κ1) is 17.8. The molecular formula is C16H26N6O3. The van der Waals surface area contributed by atoms with Crippen molar-refractivity contribution >= 4 is 11.5 Å². The lowest BCUT2D eigenvalue weighted by atomic mass is 9.91. The molecule has 9 heteroatoms. The van der Waals surface area contributed by atoms with Gasteiger partial charge in [-0.3, -0.25) is 0 Å². The molecule has 0 aromatic carbocycles. The van der Waals surface area contributed by atoms with E-state index in [1.807, 2.05) is 6.92 Å². The van der Waals surface area contributed by atoms with E-state index >= 15 is 0 Å². The van der Waals surface area contributed by atoms with Crippen molar-refractivity contribution in [3.63, 3.8) is 0 Å². The predicted molar refractivity (Wildman–Crippen MR) is 92.2 cm³/mol. The molecule has 1 fully saturated rings. The van der Waals surface area contributed by atoms with Gasteiger partial charge >= 0.3 is 6.01 Å². The minimum atomic E-state index is -0.677. The van der Waals surface area contributed by atoms with Crippen molar-refractivity contribution in [2.45, 2.75) is 44.8 Å². The number of aliphatic hydroxyl groups excluding tert-OH is 2. The molecule has 1 aliphatic heterocycles. The van der Waals surface area contributed by atoms with Crippen molar-refractivity contribution in [1.29, 1.82) is 0 Å². The highest BCUT2D eigenvalue weighted by atomic mass is 16.5. The Morgan fingerprint density at radius 3 is 2.88 bits per heavy atom. The summed E-state index contributed by atoms with van der Waals surface area (Å²) >= 11 is 0. The Kier molecular flexibility index (Phi) is 5.67. The van der Waals surface area contributed by atoms with Crippen LogP contribution >= 0.6 is 0 Å². The number of nitrogens with two attached hydrogens (primary N) is 1. The molecule has 0 radical (unpaired) electrons. The molecule has 0 saturated carbocycles. The van der Waals surface area contributed by atoms with Crippen LogP contribution < -0.4 is 15.8 Å². The summed E-state index contributed by atoms with van der Waals surface area (Å²) in [4.78, 5) is 8.36. The van der Waals surface area contributed by atoms with Gasteiger partial charge in [0, 0.05) is 0 Å². The van der Waals surface area contributed by atoms with Gasteiger partial charge in [-0.2, -0.15) is 4.98 Å². The lowest BCUT2D eigenvalue weighted by Gasteiger charge is -2.26. The van der Waals surface area contributed by atoms with E-state index in [2.05, 4.69) is 20.4 Å². The molecule has 2 atom stereocenters. The summed E-state index contributed by atoms with van der Waals surface area (Å²) in [6.45, 7) is 3.66. The van der Waals surface area contributed by atoms with Crippen molar-refractivity contribution in [3.05, 3.63) is 11.9 Å². The molecular weight excluding hydrogens is 324 g/mol. The van der Waals surface area contributed by atoms with Gasteiger partial charge in [0.05, 0.1) is 18.5 Å². The maximum absolute atomic E-state index is 10.8. The number of hydrogen-bond acceptors (Lipinski definition) is 8. The van der Waals surface area contributed by atoms with Gasteiger partial charge < -0.3 is 26.0 Å². The third kappa shape index (κ3) is 3.83. The molecule has 2 aromatic heterocycles. The SMILES string of the molecule is CCCC(CO)Oc1nc(N)c2ncc(C(O)C3CCNCC3)n2n1. The molecule has 3 heterocycles. The fourth-order valence-electron chi connectivity index (χ4n) is 3.21. The average molecular weight is 350 g/mol. The molecule has 0 spiro atoms. The average Bonchev–Trinajstić information content (AvgIpc) is 3.06. The van der Waals surface area contributed by atoms with Gasteiger partial charge in [-0.25, -0.2) is 9.50 Å². The van der Waals surface area contributed by atoms with Crippen LogP contribution in [0.2, 0.25) is 0 Å². The molecule has 1 saturated heterocycles. The normalized spacial score (nSPS) is 18.4. The second-order valence-electron chi connectivity index (χ2n) is 6.44. The smallest absolute Gasteiger partial charge is 0.336 e. The summed E-state index contributed by atoms with van der Waals surface area (Å²) in [6.07, 6.45) is 3.86. The van der Waals surface area contributed by atoms with Crippen LogP contribution in [0.25, 0.3) is 5.65 Å². The maximum Gasteiger partial charge on any atom is 0.336 e. The Bertz CT molecular complexity index is 700. The third-order valence-corrected chi connectivity index (χ3v) is 4.61. The molecule has 5 N–H and O–H groups in total. The summed E-state index contributed by atoms with van der Waals surface area (Å²) in [5, 5.41) is 27.8. The highest BCUT2D eigenvalue weighted by Gasteiger charge is 2.27. The molecule has 0 aliphatic carbocycles. The van der Waals surface area contributed by atoms with Crippen LogP contribution in [0.5, 0.6) is 6.01 Å². The van der Waals surface area contributed by atoms with E-state index in [-0.39, 0.29) is 30.5 Å². The maximum atomic E-state index is 10.8. The Balaban J connectivity index is 1.89. The zero-order valence-corrected chi connectivity index (χ0v) is 14.4. The van der Waals surface area contributed by atoms with Crippen LogP contribution in [0, 0.1) is 5.92 Å². The molecule has 2 aromatic rings. The number of aromatic nitrogens is 4. The van der Waals surface area contributed by atoms with Crippen molar-refractivity contribution in [3.8, 4) is 6.01 Å². The second-order valence-corrected chi connectivity index (χ2v) is 6.44. The fraction of sp³-hybridized carbons (Fsp3) is 0.688. The molecule has 25 heavy (non-hydrogen) atoms. The number of nitrogen functional groups attached to an aromatic ring is 1. The number of anilines is 1. The highest BCUT2D eigenvalue weighted by Crippen LogP contribution is 2.29.